The molecule has 2 aromatic rings. The number of furan rings is 1. The van der Waals surface area contributed by atoms with Crippen molar-refractivity contribution in [1.82, 2.24) is 0 Å². The fourth-order valence-electron chi connectivity index (χ4n) is 1.99. The first kappa shape index (κ1) is 13.1. The Morgan fingerprint density at radius 3 is 2.78 bits per heavy atom. The van der Waals surface area contributed by atoms with Gasteiger partial charge < -0.3 is 14.9 Å². The maximum atomic E-state index is 13.1. The second-order valence-corrected chi connectivity index (χ2v) is 4.85. The van der Waals surface area contributed by atoms with Gasteiger partial charge in [0.1, 0.15) is 17.2 Å². The number of hydrogen-bond donors (Lipinski definition) is 1. The summed E-state index contributed by atoms with van der Waals surface area (Å²) in [5.41, 5.74) is 6.26. The van der Waals surface area contributed by atoms with Gasteiger partial charge >= 0.3 is 0 Å². The lowest BCUT2D eigenvalue weighted by atomic mass is 9.97. The third-order valence-corrected chi connectivity index (χ3v) is 3.07. The van der Waals surface area contributed by atoms with Crippen molar-refractivity contribution in [2.45, 2.75) is 32.4 Å². The van der Waals surface area contributed by atoms with Gasteiger partial charge in [0, 0.05) is 12.0 Å². The highest BCUT2D eigenvalue weighted by Gasteiger charge is 2.30. The Morgan fingerprint density at radius 1 is 1.39 bits per heavy atom. The van der Waals surface area contributed by atoms with Crippen LogP contribution in [0.2, 0.25) is 0 Å². The molecule has 1 aromatic heterocycles. The molecule has 0 amide bonds. The van der Waals surface area contributed by atoms with Gasteiger partial charge in [-0.3, -0.25) is 0 Å². The molecule has 1 atom stereocenters. The molecule has 0 aliphatic carbocycles. The number of rotatable bonds is 4. The Morgan fingerprint density at radius 2 is 2.11 bits per heavy atom. The fourth-order valence-corrected chi connectivity index (χ4v) is 1.99. The van der Waals surface area contributed by atoms with Crippen molar-refractivity contribution in [3.05, 3.63) is 35.8 Å². The van der Waals surface area contributed by atoms with Crippen LogP contribution in [0.1, 0.15) is 32.6 Å². The summed E-state index contributed by atoms with van der Waals surface area (Å²) in [7, 11) is 0. The third kappa shape index (κ3) is 2.40. The minimum Gasteiger partial charge on any atom is -0.459 e. The molecule has 4 heteroatoms. The largest absolute Gasteiger partial charge is 0.459 e. The molecule has 98 valence electrons. The van der Waals surface area contributed by atoms with E-state index >= 15 is 0 Å². The smallest absolute Gasteiger partial charge is 0.134 e. The van der Waals surface area contributed by atoms with Crippen molar-refractivity contribution < 1.29 is 13.5 Å². The monoisotopic (exact) mass is 251 g/mol. The zero-order chi connectivity index (χ0) is 13.3. The highest BCUT2D eigenvalue weighted by molar-refractivity contribution is 5.78. The summed E-state index contributed by atoms with van der Waals surface area (Å²) in [6.07, 6.45) is 0. The van der Waals surface area contributed by atoms with Gasteiger partial charge in [-0.1, -0.05) is 0 Å². The molecule has 1 aromatic carbocycles. The summed E-state index contributed by atoms with van der Waals surface area (Å²) in [6, 6.07) is 5.78. The first-order valence-corrected chi connectivity index (χ1v) is 6.02. The number of halogens is 1. The van der Waals surface area contributed by atoms with Gasteiger partial charge in [0.05, 0.1) is 11.6 Å². The van der Waals surface area contributed by atoms with E-state index in [4.69, 9.17) is 14.9 Å². The van der Waals surface area contributed by atoms with E-state index in [1.807, 2.05) is 20.8 Å². The zero-order valence-corrected chi connectivity index (χ0v) is 10.9. The van der Waals surface area contributed by atoms with Gasteiger partial charge in [-0.25, -0.2) is 4.39 Å². The zero-order valence-electron chi connectivity index (χ0n) is 10.9. The maximum Gasteiger partial charge on any atom is 0.134 e. The predicted octanol–water partition coefficient (Wildman–Crippen LogP) is 3.39. The van der Waals surface area contributed by atoms with Crippen LogP contribution < -0.4 is 5.73 Å². The van der Waals surface area contributed by atoms with E-state index < -0.39 is 11.6 Å². The molecule has 0 radical (unpaired) electrons. The Kier molecular flexibility index (Phi) is 3.41. The van der Waals surface area contributed by atoms with Crippen LogP contribution in [0.25, 0.3) is 11.0 Å². The molecular formula is C14H18FNO2. The summed E-state index contributed by atoms with van der Waals surface area (Å²) in [5, 5.41) is 0.716. The van der Waals surface area contributed by atoms with Crippen LogP contribution in [0.4, 0.5) is 4.39 Å². The number of nitrogens with two attached hydrogens (primary N) is 1. The molecule has 0 saturated heterocycles. The van der Waals surface area contributed by atoms with E-state index in [0.717, 1.165) is 0 Å². The number of benzene rings is 1. The molecule has 0 aliphatic rings. The van der Waals surface area contributed by atoms with Crippen molar-refractivity contribution in [2.24, 2.45) is 5.73 Å². The highest BCUT2D eigenvalue weighted by Crippen LogP contribution is 2.31. The van der Waals surface area contributed by atoms with Crippen molar-refractivity contribution in [2.75, 3.05) is 6.61 Å². The molecule has 1 heterocycles. The van der Waals surface area contributed by atoms with E-state index in [-0.39, 0.29) is 5.82 Å². The summed E-state index contributed by atoms with van der Waals surface area (Å²) in [4.78, 5) is 0. The summed E-state index contributed by atoms with van der Waals surface area (Å²) < 4.78 is 24.4. The Hall–Kier alpha value is -1.39. The predicted molar refractivity (Wildman–Crippen MR) is 68.8 cm³/mol. The molecular weight excluding hydrogens is 233 g/mol. The van der Waals surface area contributed by atoms with Crippen LogP contribution in [-0.2, 0) is 4.74 Å². The van der Waals surface area contributed by atoms with Crippen molar-refractivity contribution in [1.29, 1.82) is 0 Å². The molecule has 1 unspecified atom stereocenters. The Labute approximate surface area is 106 Å². The third-order valence-electron chi connectivity index (χ3n) is 3.07. The Balaban J connectivity index is 2.36. The maximum absolute atomic E-state index is 13.1. The highest BCUT2D eigenvalue weighted by atomic mass is 19.1. The van der Waals surface area contributed by atoms with E-state index in [1.165, 1.54) is 12.1 Å². The molecule has 3 nitrogen and oxygen atoms in total. The van der Waals surface area contributed by atoms with Crippen LogP contribution in [-0.4, -0.2) is 12.2 Å². The van der Waals surface area contributed by atoms with Crippen LogP contribution in [0, 0.1) is 5.82 Å². The molecule has 0 saturated carbocycles. The first-order valence-electron chi connectivity index (χ1n) is 6.02. The minimum atomic E-state index is -0.527. The van der Waals surface area contributed by atoms with Gasteiger partial charge in [0.2, 0.25) is 0 Å². The molecule has 18 heavy (non-hydrogen) atoms. The molecule has 0 aliphatic heterocycles. The van der Waals surface area contributed by atoms with E-state index in [2.05, 4.69) is 0 Å². The van der Waals surface area contributed by atoms with Gasteiger partial charge in [-0.15, -0.1) is 0 Å². The second kappa shape index (κ2) is 4.71. The van der Waals surface area contributed by atoms with Gasteiger partial charge in [-0.05, 0) is 45.0 Å². The fraction of sp³-hybridized carbons (Fsp3) is 0.429. The normalized spacial score (nSPS) is 14.1. The molecule has 0 fully saturated rings. The lowest BCUT2D eigenvalue weighted by Gasteiger charge is -2.29. The average Bonchev–Trinajstić information content (AvgIpc) is 2.70. The van der Waals surface area contributed by atoms with Crippen LogP contribution in [0.15, 0.2) is 28.7 Å². The van der Waals surface area contributed by atoms with Gasteiger partial charge in [-0.2, -0.15) is 0 Å². The number of ether oxygens (including phenoxy) is 1. The number of hydrogen-bond acceptors (Lipinski definition) is 3. The van der Waals surface area contributed by atoms with Gasteiger partial charge in [0.15, 0.2) is 0 Å². The second-order valence-electron chi connectivity index (χ2n) is 4.85. The molecule has 2 N–H and O–H groups in total. The average molecular weight is 251 g/mol. The summed E-state index contributed by atoms with van der Waals surface area (Å²) in [5.74, 6) is 0.321. The van der Waals surface area contributed by atoms with Crippen LogP contribution in [0.3, 0.4) is 0 Å². The summed E-state index contributed by atoms with van der Waals surface area (Å²) >= 11 is 0. The van der Waals surface area contributed by atoms with Gasteiger partial charge in [0.25, 0.3) is 0 Å². The summed E-state index contributed by atoms with van der Waals surface area (Å²) in [6.45, 7) is 6.32. The molecule has 2 rings (SSSR count). The van der Waals surface area contributed by atoms with Crippen LogP contribution in [0.5, 0.6) is 0 Å². The quantitative estimate of drug-likeness (QED) is 0.906. The van der Waals surface area contributed by atoms with E-state index in [9.17, 15) is 4.39 Å². The van der Waals surface area contributed by atoms with E-state index in [1.54, 1.807) is 12.1 Å². The van der Waals surface area contributed by atoms with Crippen molar-refractivity contribution in [3.8, 4) is 0 Å². The van der Waals surface area contributed by atoms with E-state index in [0.29, 0.717) is 23.3 Å². The van der Waals surface area contributed by atoms with Crippen molar-refractivity contribution in [3.63, 3.8) is 0 Å². The SMILES string of the molecule is CCOC(C)(C)C(N)c1cc2cc(F)ccc2o1. The molecule has 0 spiro atoms. The number of fused-ring (bicyclic) bond motifs is 1. The first-order chi connectivity index (χ1) is 8.44. The topological polar surface area (TPSA) is 48.4 Å². The Bertz CT molecular complexity index is 548. The van der Waals surface area contributed by atoms with Crippen molar-refractivity contribution >= 4 is 11.0 Å². The standard InChI is InChI=1S/C14H18FNO2/c1-4-17-14(2,3)13(16)12-8-9-7-10(15)5-6-11(9)18-12/h5-8,13H,4,16H2,1-3H3. The lowest BCUT2D eigenvalue weighted by Crippen LogP contribution is -2.38. The lowest BCUT2D eigenvalue weighted by molar-refractivity contribution is -0.0338. The molecule has 0 bridgehead atoms. The van der Waals surface area contributed by atoms with Crippen LogP contribution >= 0.6 is 0 Å². The minimum absolute atomic E-state index is 0.285.